The normalized spacial score (nSPS) is 10.8. The van der Waals surface area contributed by atoms with E-state index in [1.54, 1.807) is 54.6 Å². The Balaban J connectivity index is 1.85. The van der Waals surface area contributed by atoms with E-state index in [9.17, 15) is 19.5 Å². The third-order valence-corrected chi connectivity index (χ3v) is 3.79. The number of benzene rings is 2. The zero-order valence-electron chi connectivity index (χ0n) is 14.1. The van der Waals surface area contributed by atoms with Gasteiger partial charge in [-0.05, 0) is 17.7 Å². The molecule has 27 heavy (non-hydrogen) atoms. The van der Waals surface area contributed by atoms with Gasteiger partial charge in [-0.15, -0.1) is 0 Å². The predicted octanol–water partition coefficient (Wildman–Crippen LogP) is 1.05. The maximum atomic E-state index is 12.0. The topological polar surface area (TPSA) is 117 Å². The molecule has 3 N–H and O–H groups in total. The Morgan fingerprint density at radius 2 is 1.70 bits per heavy atom. The van der Waals surface area contributed by atoms with Crippen molar-refractivity contribution in [3.05, 3.63) is 98.2 Å². The summed E-state index contributed by atoms with van der Waals surface area (Å²) in [6.07, 6.45) is 0.996. The standard InChI is InChI=1S/C19H16N4O4/c24-16(14-9-5-2-6-10-14)22-20-11-15-17(25)21-19(27)23(18(15)26)12-13-7-3-1-4-8-13/h1-11,26H,12H2,(H,22,24)(H,21,25,27). The van der Waals surface area contributed by atoms with E-state index in [1.807, 2.05) is 6.07 Å². The van der Waals surface area contributed by atoms with Gasteiger partial charge < -0.3 is 5.11 Å². The molecule has 8 nitrogen and oxygen atoms in total. The van der Waals surface area contributed by atoms with Crippen LogP contribution in [0.2, 0.25) is 0 Å². The first-order valence-electron chi connectivity index (χ1n) is 8.04. The highest BCUT2D eigenvalue weighted by Crippen LogP contribution is 2.10. The minimum absolute atomic E-state index is 0.0689. The Morgan fingerprint density at radius 3 is 2.37 bits per heavy atom. The number of hydrogen-bond acceptors (Lipinski definition) is 5. The number of nitrogens with zero attached hydrogens (tertiary/aromatic N) is 2. The van der Waals surface area contributed by atoms with Gasteiger partial charge in [-0.1, -0.05) is 48.5 Å². The first-order chi connectivity index (χ1) is 13.1. The fraction of sp³-hybridized carbons (Fsp3) is 0.0526. The summed E-state index contributed by atoms with van der Waals surface area (Å²) in [6.45, 7) is 0.0689. The lowest BCUT2D eigenvalue weighted by Gasteiger charge is -2.09. The zero-order chi connectivity index (χ0) is 19.2. The van der Waals surface area contributed by atoms with Crippen LogP contribution in [0.1, 0.15) is 21.5 Å². The highest BCUT2D eigenvalue weighted by Gasteiger charge is 2.13. The highest BCUT2D eigenvalue weighted by molar-refractivity contribution is 5.94. The predicted molar refractivity (Wildman–Crippen MR) is 100 cm³/mol. The van der Waals surface area contributed by atoms with E-state index in [0.29, 0.717) is 5.56 Å². The van der Waals surface area contributed by atoms with Crippen LogP contribution in [-0.2, 0) is 6.54 Å². The van der Waals surface area contributed by atoms with Gasteiger partial charge in [0.25, 0.3) is 11.5 Å². The molecule has 0 bridgehead atoms. The van der Waals surface area contributed by atoms with Crippen LogP contribution in [0.5, 0.6) is 5.88 Å². The number of rotatable bonds is 5. The Bertz CT molecular complexity index is 1090. The third-order valence-electron chi connectivity index (χ3n) is 3.79. The van der Waals surface area contributed by atoms with E-state index in [1.165, 1.54) is 0 Å². The van der Waals surface area contributed by atoms with Crippen molar-refractivity contribution in [3.63, 3.8) is 0 Å². The minimum atomic E-state index is -0.806. The number of aromatic hydroxyl groups is 1. The van der Waals surface area contributed by atoms with Crippen LogP contribution in [0.25, 0.3) is 0 Å². The average molecular weight is 364 g/mol. The smallest absolute Gasteiger partial charge is 0.331 e. The summed E-state index contributed by atoms with van der Waals surface area (Å²) in [7, 11) is 0. The molecule has 8 heteroatoms. The first kappa shape index (κ1) is 17.9. The largest absolute Gasteiger partial charge is 0.494 e. The van der Waals surface area contributed by atoms with Gasteiger partial charge in [0.05, 0.1) is 12.8 Å². The van der Waals surface area contributed by atoms with Crippen molar-refractivity contribution in [1.82, 2.24) is 15.0 Å². The van der Waals surface area contributed by atoms with E-state index >= 15 is 0 Å². The van der Waals surface area contributed by atoms with Gasteiger partial charge in [0.2, 0.25) is 5.88 Å². The van der Waals surface area contributed by atoms with E-state index in [2.05, 4.69) is 15.5 Å². The Morgan fingerprint density at radius 1 is 1.07 bits per heavy atom. The summed E-state index contributed by atoms with van der Waals surface area (Å²) in [4.78, 5) is 38.1. The second kappa shape index (κ2) is 7.96. The summed E-state index contributed by atoms with van der Waals surface area (Å²) in [5, 5.41) is 14.0. The molecule has 1 aromatic heterocycles. The van der Waals surface area contributed by atoms with Gasteiger partial charge in [0.1, 0.15) is 5.56 Å². The Kier molecular flexibility index (Phi) is 5.27. The van der Waals surface area contributed by atoms with Crippen molar-refractivity contribution in [2.45, 2.75) is 6.54 Å². The molecule has 0 radical (unpaired) electrons. The first-order valence-corrected chi connectivity index (χ1v) is 8.04. The van der Waals surface area contributed by atoms with E-state index < -0.39 is 23.0 Å². The summed E-state index contributed by atoms with van der Waals surface area (Å²) in [5.41, 5.74) is 1.63. The molecule has 0 saturated carbocycles. The summed E-state index contributed by atoms with van der Waals surface area (Å²) in [5.74, 6) is -1.01. The fourth-order valence-electron chi connectivity index (χ4n) is 2.41. The minimum Gasteiger partial charge on any atom is -0.494 e. The molecule has 0 fully saturated rings. The molecule has 0 aliphatic carbocycles. The molecular formula is C19H16N4O4. The molecule has 0 atom stereocenters. The number of nitrogens with one attached hydrogen (secondary N) is 2. The van der Waals surface area contributed by atoms with Crippen molar-refractivity contribution >= 4 is 12.1 Å². The van der Waals surface area contributed by atoms with Gasteiger partial charge in [0.15, 0.2) is 0 Å². The second-order valence-corrected chi connectivity index (χ2v) is 5.63. The number of aromatic amines is 1. The molecule has 136 valence electrons. The Labute approximate surface area is 153 Å². The molecule has 1 amide bonds. The lowest BCUT2D eigenvalue weighted by molar-refractivity contribution is 0.0955. The number of hydrazone groups is 1. The van der Waals surface area contributed by atoms with Gasteiger partial charge >= 0.3 is 5.69 Å². The second-order valence-electron chi connectivity index (χ2n) is 5.63. The van der Waals surface area contributed by atoms with Crippen molar-refractivity contribution < 1.29 is 9.90 Å². The van der Waals surface area contributed by atoms with Crippen LogP contribution in [0.4, 0.5) is 0 Å². The van der Waals surface area contributed by atoms with Gasteiger partial charge in [-0.25, -0.2) is 10.2 Å². The molecule has 0 aliphatic rings. The lowest BCUT2D eigenvalue weighted by Crippen LogP contribution is -2.32. The number of hydrogen-bond donors (Lipinski definition) is 3. The monoisotopic (exact) mass is 364 g/mol. The van der Waals surface area contributed by atoms with Crippen LogP contribution in [0.3, 0.4) is 0 Å². The van der Waals surface area contributed by atoms with Crippen LogP contribution < -0.4 is 16.7 Å². The fourth-order valence-corrected chi connectivity index (χ4v) is 2.41. The maximum Gasteiger partial charge on any atom is 0.331 e. The SMILES string of the molecule is O=C(NN=Cc1c(O)n(Cc2ccccc2)c(=O)[nH]c1=O)c1ccccc1. The van der Waals surface area contributed by atoms with Crippen molar-refractivity contribution in [2.24, 2.45) is 5.10 Å². The molecule has 3 rings (SSSR count). The van der Waals surface area contributed by atoms with Crippen molar-refractivity contribution in [2.75, 3.05) is 0 Å². The van der Waals surface area contributed by atoms with Crippen LogP contribution >= 0.6 is 0 Å². The van der Waals surface area contributed by atoms with E-state index in [0.717, 1.165) is 16.3 Å². The van der Waals surface area contributed by atoms with E-state index in [-0.39, 0.29) is 12.1 Å². The number of H-pyrrole nitrogens is 1. The lowest BCUT2D eigenvalue weighted by atomic mass is 10.2. The molecule has 0 saturated heterocycles. The highest BCUT2D eigenvalue weighted by atomic mass is 16.3. The van der Waals surface area contributed by atoms with Crippen LogP contribution in [0.15, 0.2) is 75.4 Å². The number of carbonyl (C=O) groups is 1. The van der Waals surface area contributed by atoms with E-state index in [4.69, 9.17) is 0 Å². The van der Waals surface area contributed by atoms with Crippen molar-refractivity contribution in [3.8, 4) is 5.88 Å². The van der Waals surface area contributed by atoms with Crippen LogP contribution in [-0.4, -0.2) is 26.8 Å². The molecular weight excluding hydrogens is 348 g/mol. The maximum absolute atomic E-state index is 12.0. The number of amides is 1. The quantitative estimate of drug-likeness (QED) is 0.463. The molecule has 0 spiro atoms. The zero-order valence-corrected chi connectivity index (χ0v) is 14.1. The third kappa shape index (κ3) is 4.18. The number of carbonyl (C=O) groups excluding carboxylic acids is 1. The van der Waals surface area contributed by atoms with Gasteiger partial charge in [-0.2, -0.15) is 5.10 Å². The molecule has 0 aliphatic heterocycles. The van der Waals surface area contributed by atoms with Gasteiger partial charge in [0, 0.05) is 5.56 Å². The number of aromatic nitrogens is 2. The molecule has 3 aromatic rings. The van der Waals surface area contributed by atoms with Crippen LogP contribution in [0, 0.1) is 0 Å². The summed E-state index contributed by atoms with van der Waals surface area (Å²) >= 11 is 0. The van der Waals surface area contributed by atoms with Crippen molar-refractivity contribution in [1.29, 1.82) is 0 Å². The Hall–Kier alpha value is -3.94. The summed E-state index contributed by atoms with van der Waals surface area (Å²) in [6, 6.07) is 17.4. The van der Waals surface area contributed by atoms with Gasteiger partial charge in [-0.3, -0.25) is 19.1 Å². The summed E-state index contributed by atoms with van der Waals surface area (Å²) < 4.78 is 1.01. The average Bonchev–Trinajstić information content (AvgIpc) is 2.69. The molecule has 1 heterocycles. The molecule has 2 aromatic carbocycles. The molecule has 0 unspecified atom stereocenters.